The van der Waals surface area contributed by atoms with Crippen LogP contribution in [0.1, 0.15) is 27.9 Å². The maximum Gasteiger partial charge on any atom is 0.288 e. The number of hydrogen-bond acceptors (Lipinski definition) is 7. The maximum absolute atomic E-state index is 13.3. The fraction of sp³-hybridized carbons (Fsp3) is 0.174. The van der Waals surface area contributed by atoms with Crippen molar-refractivity contribution in [2.24, 2.45) is 0 Å². The summed E-state index contributed by atoms with van der Waals surface area (Å²) in [5, 5.41) is 24.2. The van der Waals surface area contributed by atoms with Crippen molar-refractivity contribution in [3.63, 3.8) is 0 Å². The van der Waals surface area contributed by atoms with Gasteiger partial charge < -0.3 is 20.5 Å². The third kappa shape index (κ3) is 3.93. The molecule has 10 nitrogen and oxygen atoms in total. The topological polar surface area (TPSA) is 146 Å². The van der Waals surface area contributed by atoms with Crippen molar-refractivity contribution < 1.29 is 23.8 Å². The first kappa shape index (κ1) is 22.5. The Morgan fingerprint density at radius 3 is 2.68 bits per heavy atom. The molecule has 11 heteroatoms. The van der Waals surface area contributed by atoms with Gasteiger partial charge in [0.15, 0.2) is 11.5 Å². The Hall–Kier alpha value is -4.72. The first-order valence-electron chi connectivity index (χ1n) is 10.2. The summed E-state index contributed by atoms with van der Waals surface area (Å²) in [6.45, 7) is -0.0238. The first-order chi connectivity index (χ1) is 16.3. The number of carbonyl (C=O) groups excluding carboxylic acids is 2. The van der Waals surface area contributed by atoms with Crippen molar-refractivity contribution in [3.05, 3.63) is 69.1 Å². The summed E-state index contributed by atoms with van der Waals surface area (Å²) in [7, 11) is 1.39. The van der Waals surface area contributed by atoms with Gasteiger partial charge in [-0.2, -0.15) is 5.26 Å². The van der Waals surface area contributed by atoms with Crippen LogP contribution in [-0.4, -0.2) is 40.1 Å². The minimum atomic E-state index is -0.897. The molecule has 2 amide bonds. The van der Waals surface area contributed by atoms with Gasteiger partial charge in [0.2, 0.25) is 5.76 Å². The zero-order valence-electron chi connectivity index (χ0n) is 17.9. The normalized spacial score (nSPS) is 11.9. The van der Waals surface area contributed by atoms with Crippen LogP contribution in [0.25, 0.3) is 17.2 Å². The van der Waals surface area contributed by atoms with E-state index >= 15 is 0 Å². The number of rotatable bonds is 6. The minimum Gasteiger partial charge on any atom is -0.505 e. The number of carbonyl (C=O) groups is 2. The molecule has 0 spiro atoms. The number of pyridine rings is 2. The number of ether oxygens (including phenoxy) is 1. The molecule has 0 radical (unpaired) electrons. The number of aromatic nitrogens is 2. The fourth-order valence-corrected chi connectivity index (χ4v) is 3.55. The van der Waals surface area contributed by atoms with Gasteiger partial charge in [0.25, 0.3) is 17.4 Å². The highest BCUT2D eigenvalue weighted by molar-refractivity contribution is 6.04. The summed E-state index contributed by atoms with van der Waals surface area (Å²) in [4.78, 5) is 42.4. The molecule has 0 fully saturated rings. The average molecular weight is 463 g/mol. The molecule has 0 saturated carbocycles. The molecule has 4 rings (SSSR count). The van der Waals surface area contributed by atoms with Crippen LogP contribution in [0.15, 0.2) is 41.0 Å². The summed E-state index contributed by atoms with van der Waals surface area (Å²) in [6.07, 6.45) is 2.74. The smallest absolute Gasteiger partial charge is 0.288 e. The fourth-order valence-electron chi connectivity index (χ4n) is 3.55. The Balaban J connectivity index is 1.93. The van der Waals surface area contributed by atoms with Crippen molar-refractivity contribution in [2.45, 2.75) is 12.8 Å². The molecule has 0 saturated heterocycles. The number of benzene rings is 1. The molecular weight excluding hydrogens is 445 g/mol. The van der Waals surface area contributed by atoms with E-state index in [4.69, 9.17) is 10.00 Å². The molecule has 1 aliphatic rings. The van der Waals surface area contributed by atoms with Crippen LogP contribution in [0.4, 0.5) is 4.39 Å². The lowest BCUT2D eigenvalue weighted by Crippen LogP contribution is -2.35. The highest BCUT2D eigenvalue weighted by Crippen LogP contribution is 2.38. The molecule has 1 aromatic carbocycles. The van der Waals surface area contributed by atoms with Crippen molar-refractivity contribution in [2.75, 3.05) is 13.6 Å². The Bertz CT molecular complexity index is 1450. The Kier molecular flexibility index (Phi) is 5.97. The van der Waals surface area contributed by atoms with Crippen LogP contribution < -0.4 is 20.9 Å². The van der Waals surface area contributed by atoms with E-state index in [-0.39, 0.29) is 41.9 Å². The zero-order chi connectivity index (χ0) is 24.4. The molecule has 3 heterocycles. The predicted octanol–water partition coefficient (Wildman–Crippen LogP) is 1.41. The molecule has 34 heavy (non-hydrogen) atoms. The molecular formula is C23H18FN5O5. The van der Waals surface area contributed by atoms with E-state index in [9.17, 15) is 23.9 Å². The van der Waals surface area contributed by atoms with Crippen LogP contribution in [0.5, 0.6) is 11.5 Å². The number of amides is 2. The van der Waals surface area contributed by atoms with Gasteiger partial charge in [-0.25, -0.2) is 4.39 Å². The second-order valence-electron chi connectivity index (χ2n) is 7.35. The molecule has 172 valence electrons. The molecule has 3 N–H and O–H groups in total. The Morgan fingerprint density at radius 1 is 1.26 bits per heavy atom. The van der Waals surface area contributed by atoms with Gasteiger partial charge in [-0.3, -0.25) is 23.9 Å². The van der Waals surface area contributed by atoms with Gasteiger partial charge in [-0.1, -0.05) is 12.1 Å². The Morgan fingerprint density at radius 2 is 2.00 bits per heavy atom. The summed E-state index contributed by atoms with van der Waals surface area (Å²) in [6, 6.07) is 7.60. The number of likely N-dealkylation sites (N-methyl/N-ethyl adjacent to an activating group) is 1. The number of nitrogens with one attached hydrogen (secondary N) is 2. The van der Waals surface area contributed by atoms with Crippen molar-refractivity contribution >= 4 is 29.0 Å². The lowest BCUT2D eigenvalue weighted by atomic mass is 10.0. The summed E-state index contributed by atoms with van der Waals surface area (Å²) in [5.74, 6) is -2.68. The zero-order valence-corrected chi connectivity index (χ0v) is 17.9. The summed E-state index contributed by atoms with van der Waals surface area (Å²) in [5.41, 5.74) is -0.313. The van der Waals surface area contributed by atoms with Gasteiger partial charge in [0.1, 0.15) is 22.4 Å². The van der Waals surface area contributed by atoms with Crippen molar-refractivity contribution in [3.8, 4) is 17.6 Å². The maximum atomic E-state index is 13.3. The van der Waals surface area contributed by atoms with E-state index in [0.29, 0.717) is 11.1 Å². The predicted molar refractivity (Wildman–Crippen MR) is 118 cm³/mol. The standard InChI is InChI=1S/C23H18FN5O5/c1-26-21(31)15-11-29-18-17(19(30)16(23(29)33)22(32)27-8-2-7-25)28-10-13(20(18)34-15)9-12-3-5-14(24)6-4-12/h3-6,10-11,30H,2,8-9H2,1H3,(H,26,31)(H,27,32). The lowest BCUT2D eigenvalue weighted by molar-refractivity contribution is -0.119. The van der Waals surface area contributed by atoms with Gasteiger partial charge >= 0.3 is 0 Å². The van der Waals surface area contributed by atoms with E-state index in [1.165, 1.54) is 25.4 Å². The summed E-state index contributed by atoms with van der Waals surface area (Å²) < 4.78 is 20.1. The first-order valence-corrected chi connectivity index (χ1v) is 10.2. The lowest BCUT2D eigenvalue weighted by Gasteiger charge is -2.22. The highest BCUT2D eigenvalue weighted by Gasteiger charge is 2.30. The Labute approximate surface area is 191 Å². The van der Waals surface area contributed by atoms with Gasteiger partial charge in [0.05, 0.1) is 18.7 Å². The molecule has 0 bridgehead atoms. The highest BCUT2D eigenvalue weighted by atomic mass is 19.1. The quantitative estimate of drug-likeness (QED) is 0.469. The molecule has 1 aliphatic heterocycles. The van der Waals surface area contributed by atoms with E-state index in [1.807, 2.05) is 6.07 Å². The monoisotopic (exact) mass is 463 g/mol. The molecule has 0 aliphatic carbocycles. The third-order valence-corrected chi connectivity index (χ3v) is 5.18. The number of aromatic hydroxyl groups is 1. The van der Waals surface area contributed by atoms with E-state index in [2.05, 4.69) is 15.6 Å². The van der Waals surface area contributed by atoms with E-state index in [1.54, 1.807) is 12.1 Å². The third-order valence-electron chi connectivity index (χ3n) is 5.18. The molecule has 0 atom stereocenters. The SMILES string of the molecule is CNC(=O)C1=Cn2c(=O)c(C(=O)NCCC#N)c(O)c3ncc(Cc4ccc(F)cc4)c(c32)O1. The van der Waals surface area contributed by atoms with E-state index < -0.39 is 34.5 Å². The molecule has 0 unspecified atom stereocenters. The second kappa shape index (κ2) is 9.03. The van der Waals surface area contributed by atoms with Gasteiger partial charge in [-0.05, 0) is 17.7 Å². The van der Waals surface area contributed by atoms with Gasteiger partial charge in [0, 0.05) is 31.8 Å². The van der Waals surface area contributed by atoms with Gasteiger partial charge in [-0.15, -0.1) is 0 Å². The number of halogens is 1. The average Bonchev–Trinajstić information content (AvgIpc) is 2.84. The molecule has 2 aromatic heterocycles. The van der Waals surface area contributed by atoms with Crippen LogP contribution in [0, 0.1) is 17.1 Å². The largest absolute Gasteiger partial charge is 0.505 e. The summed E-state index contributed by atoms with van der Waals surface area (Å²) >= 11 is 0. The van der Waals surface area contributed by atoms with Crippen LogP contribution in [0.3, 0.4) is 0 Å². The second-order valence-corrected chi connectivity index (χ2v) is 7.35. The van der Waals surface area contributed by atoms with Crippen LogP contribution >= 0.6 is 0 Å². The van der Waals surface area contributed by atoms with Crippen molar-refractivity contribution in [1.29, 1.82) is 5.26 Å². The van der Waals surface area contributed by atoms with Crippen LogP contribution in [0.2, 0.25) is 0 Å². The number of nitriles is 1. The van der Waals surface area contributed by atoms with Crippen LogP contribution in [-0.2, 0) is 11.2 Å². The van der Waals surface area contributed by atoms with Crippen molar-refractivity contribution in [1.82, 2.24) is 20.2 Å². The minimum absolute atomic E-state index is 0.0119. The number of hydrogen-bond donors (Lipinski definition) is 3. The van der Waals surface area contributed by atoms with E-state index in [0.717, 1.165) is 10.8 Å². The molecule has 3 aromatic rings. The number of nitrogens with zero attached hydrogens (tertiary/aromatic N) is 3.